The second kappa shape index (κ2) is 6.60. The molecule has 0 aromatic carbocycles. The van der Waals surface area contributed by atoms with Crippen molar-refractivity contribution in [1.29, 1.82) is 0 Å². The summed E-state index contributed by atoms with van der Waals surface area (Å²) < 4.78 is 0. The van der Waals surface area contributed by atoms with Crippen LogP contribution >= 0.6 is 11.3 Å². The molecule has 0 aliphatic carbocycles. The Labute approximate surface area is 139 Å². The van der Waals surface area contributed by atoms with Crippen LogP contribution < -0.4 is 5.32 Å². The van der Waals surface area contributed by atoms with Crippen LogP contribution in [0.3, 0.4) is 0 Å². The van der Waals surface area contributed by atoms with Crippen LogP contribution in [0.1, 0.15) is 18.5 Å². The van der Waals surface area contributed by atoms with Gasteiger partial charge in [-0.15, -0.1) is 11.3 Å². The molecule has 118 valence electrons. The van der Waals surface area contributed by atoms with Crippen LogP contribution in [-0.4, -0.2) is 39.0 Å². The molecule has 1 N–H and O–H groups in total. The minimum absolute atomic E-state index is 0.480. The molecule has 1 aliphatic heterocycles. The van der Waals surface area contributed by atoms with E-state index in [0.717, 1.165) is 54.2 Å². The zero-order valence-electron chi connectivity index (χ0n) is 12.9. The molecule has 4 heterocycles. The summed E-state index contributed by atoms with van der Waals surface area (Å²) in [7, 11) is 0. The number of thiophene rings is 1. The lowest BCUT2D eigenvalue weighted by molar-refractivity contribution is 0.209. The Morgan fingerprint density at radius 2 is 2.04 bits per heavy atom. The first-order valence-electron chi connectivity index (χ1n) is 7.95. The summed E-state index contributed by atoms with van der Waals surface area (Å²) in [6.45, 7) is 3.12. The van der Waals surface area contributed by atoms with Gasteiger partial charge in [0.25, 0.3) is 0 Å². The molecular formula is C17H19N5S. The minimum atomic E-state index is 0.480. The van der Waals surface area contributed by atoms with E-state index in [1.807, 2.05) is 12.3 Å². The number of rotatable bonds is 4. The van der Waals surface area contributed by atoms with Crippen LogP contribution in [-0.2, 0) is 6.54 Å². The van der Waals surface area contributed by atoms with Gasteiger partial charge in [0, 0.05) is 31.9 Å². The van der Waals surface area contributed by atoms with Gasteiger partial charge in [-0.3, -0.25) is 9.88 Å². The van der Waals surface area contributed by atoms with Crippen molar-refractivity contribution in [2.24, 2.45) is 0 Å². The maximum Gasteiger partial charge on any atom is 0.138 e. The first-order valence-corrected chi connectivity index (χ1v) is 8.83. The number of anilines is 1. The van der Waals surface area contributed by atoms with Gasteiger partial charge in [-0.2, -0.15) is 0 Å². The lowest BCUT2D eigenvalue weighted by atomic mass is 10.0. The van der Waals surface area contributed by atoms with E-state index in [9.17, 15) is 0 Å². The highest BCUT2D eigenvalue weighted by atomic mass is 32.1. The number of hydrogen-bond donors (Lipinski definition) is 1. The minimum Gasteiger partial charge on any atom is -0.367 e. The van der Waals surface area contributed by atoms with E-state index in [-0.39, 0.29) is 0 Å². The van der Waals surface area contributed by atoms with Crippen LogP contribution in [0.15, 0.2) is 42.2 Å². The molecule has 1 fully saturated rings. The SMILES string of the molecule is c1ccc(CN2CCC(Nc3ncnc4sccc34)CC2)nc1. The summed E-state index contributed by atoms with van der Waals surface area (Å²) in [6.07, 6.45) is 5.77. The molecule has 0 unspecified atom stereocenters. The Bertz CT molecular complexity index is 765. The first kappa shape index (κ1) is 14.5. The van der Waals surface area contributed by atoms with Crippen LogP contribution in [0.5, 0.6) is 0 Å². The van der Waals surface area contributed by atoms with Gasteiger partial charge in [-0.25, -0.2) is 9.97 Å². The van der Waals surface area contributed by atoms with Crippen molar-refractivity contribution in [3.05, 3.63) is 47.9 Å². The van der Waals surface area contributed by atoms with Crippen LogP contribution in [0, 0.1) is 0 Å². The maximum atomic E-state index is 4.42. The summed E-state index contributed by atoms with van der Waals surface area (Å²) in [6, 6.07) is 8.69. The van der Waals surface area contributed by atoms with Crippen molar-refractivity contribution in [2.45, 2.75) is 25.4 Å². The van der Waals surface area contributed by atoms with Crippen molar-refractivity contribution in [3.8, 4) is 0 Å². The molecule has 0 radical (unpaired) electrons. The third-order valence-electron chi connectivity index (χ3n) is 4.30. The number of fused-ring (bicyclic) bond motifs is 1. The molecule has 6 heteroatoms. The normalized spacial score (nSPS) is 16.7. The van der Waals surface area contributed by atoms with Gasteiger partial charge < -0.3 is 5.32 Å². The fraction of sp³-hybridized carbons (Fsp3) is 0.353. The zero-order valence-corrected chi connectivity index (χ0v) is 13.7. The van der Waals surface area contributed by atoms with Gasteiger partial charge in [0.05, 0.1) is 11.1 Å². The molecule has 23 heavy (non-hydrogen) atoms. The molecule has 1 aliphatic rings. The average Bonchev–Trinajstić information content (AvgIpc) is 3.07. The third-order valence-corrected chi connectivity index (χ3v) is 5.12. The van der Waals surface area contributed by atoms with Gasteiger partial charge >= 0.3 is 0 Å². The summed E-state index contributed by atoms with van der Waals surface area (Å²) in [5.74, 6) is 0.972. The monoisotopic (exact) mass is 325 g/mol. The molecule has 4 rings (SSSR count). The Morgan fingerprint density at radius 3 is 2.87 bits per heavy atom. The second-order valence-corrected chi connectivity index (χ2v) is 6.77. The van der Waals surface area contributed by atoms with Gasteiger partial charge in [0.2, 0.25) is 0 Å². The van der Waals surface area contributed by atoms with E-state index < -0.39 is 0 Å². The number of piperidine rings is 1. The van der Waals surface area contributed by atoms with Gasteiger partial charge in [-0.05, 0) is 36.4 Å². The fourth-order valence-corrected chi connectivity index (χ4v) is 3.79. The smallest absolute Gasteiger partial charge is 0.138 e. The Hall–Kier alpha value is -2.05. The van der Waals surface area contributed by atoms with Crippen molar-refractivity contribution < 1.29 is 0 Å². The summed E-state index contributed by atoms with van der Waals surface area (Å²) in [5.41, 5.74) is 1.15. The summed E-state index contributed by atoms with van der Waals surface area (Å²) in [4.78, 5) is 16.7. The van der Waals surface area contributed by atoms with Gasteiger partial charge in [0.1, 0.15) is 17.0 Å². The zero-order chi connectivity index (χ0) is 15.5. The molecular weight excluding hydrogens is 306 g/mol. The number of aromatic nitrogens is 3. The maximum absolute atomic E-state index is 4.42. The van der Waals surface area contributed by atoms with E-state index in [2.05, 4.69) is 48.7 Å². The Morgan fingerprint density at radius 1 is 1.13 bits per heavy atom. The molecule has 0 spiro atoms. The first-order chi connectivity index (χ1) is 11.4. The number of nitrogens with one attached hydrogen (secondary N) is 1. The van der Waals surface area contributed by atoms with Crippen LogP contribution in [0.2, 0.25) is 0 Å². The Balaban J connectivity index is 1.36. The molecule has 0 bridgehead atoms. The number of nitrogens with zero attached hydrogens (tertiary/aromatic N) is 4. The molecule has 0 atom stereocenters. The molecule has 3 aromatic rings. The van der Waals surface area contributed by atoms with Crippen molar-refractivity contribution in [1.82, 2.24) is 19.9 Å². The highest BCUT2D eigenvalue weighted by molar-refractivity contribution is 7.16. The lowest BCUT2D eigenvalue weighted by Gasteiger charge is -2.32. The highest BCUT2D eigenvalue weighted by Gasteiger charge is 2.20. The molecule has 5 nitrogen and oxygen atoms in total. The predicted molar refractivity (Wildman–Crippen MR) is 93.6 cm³/mol. The van der Waals surface area contributed by atoms with Crippen molar-refractivity contribution >= 4 is 27.4 Å². The molecule has 3 aromatic heterocycles. The standard InChI is InChI=1S/C17H19N5S/c1-2-7-18-14(3-1)11-22-8-4-13(5-9-22)21-16-15-6-10-23-17(15)20-12-19-16/h1-3,6-7,10,12-13H,4-5,8-9,11H2,(H,19,20,21). The molecule has 0 saturated carbocycles. The quantitative estimate of drug-likeness (QED) is 0.798. The molecule has 1 saturated heterocycles. The lowest BCUT2D eigenvalue weighted by Crippen LogP contribution is -2.39. The van der Waals surface area contributed by atoms with Crippen molar-refractivity contribution in [3.63, 3.8) is 0 Å². The summed E-state index contributed by atoms with van der Waals surface area (Å²) >= 11 is 1.66. The molecule has 0 amide bonds. The van der Waals surface area contributed by atoms with E-state index in [4.69, 9.17) is 0 Å². The second-order valence-electron chi connectivity index (χ2n) is 5.88. The van der Waals surface area contributed by atoms with Gasteiger partial charge in [0.15, 0.2) is 0 Å². The largest absolute Gasteiger partial charge is 0.367 e. The van der Waals surface area contributed by atoms with E-state index in [0.29, 0.717) is 6.04 Å². The number of hydrogen-bond acceptors (Lipinski definition) is 6. The van der Waals surface area contributed by atoms with Crippen LogP contribution in [0.4, 0.5) is 5.82 Å². The third kappa shape index (κ3) is 3.33. The van der Waals surface area contributed by atoms with Crippen LogP contribution in [0.25, 0.3) is 10.2 Å². The van der Waals surface area contributed by atoms with E-state index >= 15 is 0 Å². The topological polar surface area (TPSA) is 53.9 Å². The van der Waals surface area contributed by atoms with E-state index in [1.54, 1.807) is 17.7 Å². The van der Waals surface area contributed by atoms with E-state index in [1.165, 1.54) is 0 Å². The van der Waals surface area contributed by atoms with Gasteiger partial charge in [-0.1, -0.05) is 6.07 Å². The number of likely N-dealkylation sites (tertiary alicyclic amines) is 1. The average molecular weight is 325 g/mol. The fourth-order valence-electron chi connectivity index (χ4n) is 3.05. The summed E-state index contributed by atoms with van der Waals surface area (Å²) in [5, 5.41) is 6.81. The number of pyridine rings is 1. The Kier molecular flexibility index (Phi) is 4.17. The van der Waals surface area contributed by atoms with Crippen molar-refractivity contribution in [2.75, 3.05) is 18.4 Å². The highest BCUT2D eigenvalue weighted by Crippen LogP contribution is 2.25. The predicted octanol–water partition coefficient (Wildman–Crippen LogP) is 3.16.